The first kappa shape index (κ1) is 12.9. The summed E-state index contributed by atoms with van der Waals surface area (Å²) in [4.78, 5) is 12.7. The van der Waals surface area contributed by atoms with Crippen molar-refractivity contribution in [3.05, 3.63) is 54.1 Å². The van der Waals surface area contributed by atoms with Crippen molar-refractivity contribution < 1.29 is 9.90 Å². The molecule has 0 heterocycles. The van der Waals surface area contributed by atoms with Crippen LogP contribution in [0.1, 0.15) is 10.4 Å². The molecule has 0 fully saturated rings. The van der Waals surface area contributed by atoms with Crippen molar-refractivity contribution in [3.8, 4) is 0 Å². The molecule has 92 valence electrons. The molecule has 3 nitrogen and oxygen atoms in total. The van der Waals surface area contributed by atoms with E-state index in [9.17, 15) is 4.79 Å². The van der Waals surface area contributed by atoms with Gasteiger partial charge in [0.1, 0.15) is 0 Å². The second kappa shape index (κ2) is 5.84. The smallest absolute Gasteiger partial charge is 0.336 e. The molecule has 0 saturated heterocycles. The Labute approximate surface area is 113 Å². The van der Waals surface area contributed by atoms with Crippen LogP contribution in [-0.4, -0.2) is 11.1 Å². The number of aromatic carboxylic acids is 1. The van der Waals surface area contributed by atoms with Gasteiger partial charge < -0.3 is 10.8 Å². The maximum absolute atomic E-state index is 11.1. The zero-order valence-electron chi connectivity index (χ0n) is 9.37. The van der Waals surface area contributed by atoms with Crippen LogP contribution in [0.4, 0.5) is 5.69 Å². The number of hydrogen-bond donors (Lipinski definition) is 2. The van der Waals surface area contributed by atoms with Gasteiger partial charge >= 0.3 is 5.97 Å². The summed E-state index contributed by atoms with van der Waals surface area (Å²) < 4.78 is 0. The molecule has 0 aliphatic carbocycles. The van der Waals surface area contributed by atoms with E-state index in [1.165, 1.54) is 21.6 Å². The van der Waals surface area contributed by atoms with Crippen LogP contribution in [0.3, 0.4) is 0 Å². The monoisotopic (exact) mass is 277 g/mol. The lowest BCUT2D eigenvalue weighted by Crippen LogP contribution is -1.97. The van der Waals surface area contributed by atoms with E-state index in [1.54, 1.807) is 18.2 Å². The first-order valence-corrected chi connectivity index (χ1v) is 7.35. The Hall–Kier alpha value is -1.59. The van der Waals surface area contributed by atoms with Crippen LogP contribution in [0, 0.1) is 0 Å². The molecule has 0 atom stereocenters. The molecular formula is C13H11NO2S2. The minimum Gasteiger partial charge on any atom is -0.478 e. The van der Waals surface area contributed by atoms with E-state index >= 15 is 0 Å². The van der Waals surface area contributed by atoms with Crippen LogP contribution in [-0.2, 0) is 0 Å². The first-order valence-electron chi connectivity index (χ1n) is 5.20. The molecule has 0 radical (unpaired) electrons. The minimum atomic E-state index is -0.917. The number of rotatable bonds is 4. The zero-order chi connectivity index (χ0) is 13.0. The fraction of sp³-hybridized carbons (Fsp3) is 0. The number of hydrogen-bond acceptors (Lipinski definition) is 4. The lowest BCUT2D eigenvalue weighted by atomic mass is 10.2. The van der Waals surface area contributed by atoms with Gasteiger partial charge in [-0.05, 0) is 24.3 Å². The first-order chi connectivity index (χ1) is 8.68. The summed E-state index contributed by atoms with van der Waals surface area (Å²) in [5.74, 6) is -0.917. The van der Waals surface area contributed by atoms with Crippen molar-refractivity contribution in [2.45, 2.75) is 9.79 Å². The number of benzene rings is 2. The zero-order valence-corrected chi connectivity index (χ0v) is 11.0. The predicted octanol–water partition coefficient (Wildman–Crippen LogP) is 3.77. The number of carboxylic acids is 1. The second-order valence-corrected chi connectivity index (χ2v) is 5.72. The highest BCUT2D eigenvalue weighted by atomic mass is 33.1. The van der Waals surface area contributed by atoms with Crippen molar-refractivity contribution in [1.29, 1.82) is 0 Å². The van der Waals surface area contributed by atoms with Crippen LogP contribution in [0.2, 0.25) is 0 Å². The Balaban J connectivity index is 2.16. The number of nitrogens with two attached hydrogens (primary N) is 1. The molecule has 0 aromatic heterocycles. The quantitative estimate of drug-likeness (QED) is 0.658. The number of carbonyl (C=O) groups is 1. The summed E-state index contributed by atoms with van der Waals surface area (Å²) in [5.41, 5.74) is 6.84. The average Bonchev–Trinajstić information content (AvgIpc) is 2.38. The van der Waals surface area contributed by atoms with E-state index in [0.717, 1.165) is 9.79 Å². The van der Waals surface area contributed by atoms with Crippen molar-refractivity contribution in [2.24, 2.45) is 0 Å². The molecular weight excluding hydrogens is 266 g/mol. The van der Waals surface area contributed by atoms with Crippen LogP contribution >= 0.6 is 21.6 Å². The summed E-state index contributed by atoms with van der Waals surface area (Å²) in [7, 11) is 2.86. The van der Waals surface area contributed by atoms with Gasteiger partial charge in [-0.25, -0.2) is 4.79 Å². The molecule has 18 heavy (non-hydrogen) atoms. The molecule has 2 aromatic rings. The van der Waals surface area contributed by atoms with Crippen LogP contribution < -0.4 is 5.73 Å². The van der Waals surface area contributed by atoms with Gasteiger partial charge in [-0.15, -0.1) is 0 Å². The molecule has 0 saturated carbocycles. The van der Waals surface area contributed by atoms with E-state index < -0.39 is 5.97 Å². The number of carboxylic acid groups (broad SMARTS) is 1. The molecule has 3 N–H and O–H groups in total. The van der Waals surface area contributed by atoms with Gasteiger partial charge in [0.05, 0.1) is 5.56 Å². The van der Waals surface area contributed by atoms with Gasteiger partial charge in [0.2, 0.25) is 0 Å². The van der Waals surface area contributed by atoms with E-state index in [-0.39, 0.29) is 0 Å². The Morgan fingerprint density at radius 2 is 1.50 bits per heavy atom. The van der Waals surface area contributed by atoms with Gasteiger partial charge in [-0.1, -0.05) is 45.9 Å². The molecule has 2 rings (SSSR count). The van der Waals surface area contributed by atoms with Crippen LogP contribution in [0.15, 0.2) is 58.3 Å². The highest BCUT2D eigenvalue weighted by molar-refractivity contribution is 8.76. The largest absolute Gasteiger partial charge is 0.478 e. The third kappa shape index (κ3) is 3.00. The summed E-state index contributed by atoms with van der Waals surface area (Å²) >= 11 is 0. The summed E-state index contributed by atoms with van der Waals surface area (Å²) in [6, 6.07) is 14.4. The maximum atomic E-state index is 11.1. The fourth-order valence-electron chi connectivity index (χ4n) is 1.36. The van der Waals surface area contributed by atoms with Gasteiger partial charge in [0.25, 0.3) is 0 Å². The van der Waals surface area contributed by atoms with Crippen LogP contribution in [0.5, 0.6) is 0 Å². The highest BCUT2D eigenvalue weighted by Crippen LogP contribution is 2.41. The normalized spacial score (nSPS) is 10.2. The van der Waals surface area contributed by atoms with E-state index in [2.05, 4.69) is 0 Å². The van der Waals surface area contributed by atoms with Crippen LogP contribution in [0.25, 0.3) is 0 Å². The fourth-order valence-corrected chi connectivity index (χ4v) is 3.65. The molecule has 0 spiro atoms. The van der Waals surface area contributed by atoms with Crippen molar-refractivity contribution >= 4 is 33.2 Å². The van der Waals surface area contributed by atoms with Crippen molar-refractivity contribution in [1.82, 2.24) is 0 Å². The Morgan fingerprint density at radius 1 is 0.944 bits per heavy atom. The Bertz CT molecular complexity index is 572. The number of nitrogen functional groups attached to an aromatic ring is 1. The van der Waals surface area contributed by atoms with Crippen molar-refractivity contribution in [2.75, 3.05) is 5.73 Å². The van der Waals surface area contributed by atoms with Gasteiger partial charge in [0, 0.05) is 15.5 Å². The molecule has 0 aliphatic heterocycles. The molecule has 5 heteroatoms. The third-order valence-electron chi connectivity index (χ3n) is 2.26. The topological polar surface area (TPSA) is 63.3 Å². The molecule has 0 amide bonds. The molecule has 0 aliphatic rings. The lowest BCUT2D eigenvalue weighted by Gasteiger charge is -2.06. The summed E-state index contributed by atoms with van der Waals surface area (Å²) in [5, 5.41) is 9.07. The molecule has 2 aromatic carbocycles. The van der Waals surface area contributed by atoms with Gasteiger partial charge in [0.15, 0.2) is 0 Å². The number of para-hydroxylation sites is 1. The third-order valence-corrected chi connectivity index (χ3v) is 4.76. The summed E-state index contributed by atoms with van der Waals surface area (Å²) in [6.07, 6.45) is 0. The van der Waals surface area contributed by atoms with E-state index in [1.807, 2.05) is 30.3 Å². The lowest BCUT2D eigenvalue weighted by molar-refractivity contribution is 0.0693. The molecule has 0 bridgehead atoms. The summed E-state index contributed by atoms with van der Waals surface area (Å²) in [6.45, 7) is 0. The maximum Gasteiger partial charge on any atom is 0.336 e. The minimum absolute atomic E-state index is 0.310. The molecule has 0 unspecified atom stereocenters. The highest BCUT2D eigenvalue weighted by Gasteiger charge is 2.10. The number of anilines is 1. The van der Waals surface area contributed by atoms with E-state index in [4.69, 9.17) is 10.8 Å². The van der Waals surface area contributed by atoms with Gasteiger partial charge in [-0.3, -0.25) is 0 Å². The SMILES string of the molecule is Nc1ccccc1SSc1ccccc1C(=O)O. The Morgan fingerprint density at radius 3 is 2.17 bits per heavy atom. The van der Waals surface area contributed by atoms with Gasteiger partial charge in [-0.2, -0.15) is 0 Å². The van der Waals surface area contributed by atoms with E-state index in [0.29, 0.717) is 11.3 Å². The standard InChI is InChI=1S/C13H11NO2S2/c14-10-6-2-4-8-12(10)18-17-11-7-3-1-5-9(11)13(15)16/h1-8H,14H2,(H,15,16). The average molecular weight is 277 g/mol. The van der Waals surface area contributed by atoms with Crippen molar-refractivity contribution in [3.63, 3.8) is 0 Å². The predicted molar refractivity (Wildman–Crippen MR) is 76.0 cm³/mol. The Kier molecular flexibility index (Phi) is 4.17. The second-order valence-electron chi connectivity index (χ2n) is 3.51.